The van der Waals surface area contributed by atoms with Gasteiger partial charge in [0.2, 0.25) is 5.91 Å². The molecule has 0 N–H and O–H groups in total. The van der Waals surface area contributed by atoms with Crippen molar-refractivity contribution in [1.82, 2.24) is 4.90 Å². The van der Waals surface area contributed by atoms with Crippen LogP contribution in [0.25, 0.3) is 0 Å². The van der Waals surface area contributed by atoms with Gasteiger partial charge in [0.05, 0.1) is 18.9 Å². The van der Waals surface area contributed by atoms with Crippen LogP contribution in [0.15, 0.2) is 12.2 Å². The van der Waals surface area contributed by atoms with Gasteiger partial charge in [-0.2, -0.15) is 0 Å². The number of rotatable bonds is 4. The molecule has 18 heavy (non-hydrogen) atoms. The van der Waals surface area contributed by atoms with Crippen LogP contribution in [0.5, 0.6) is 0 Å². The first-order valence-corrected chi connectivity index (χ1v) is 6.12. The van der Waals surface area contributed by atoms with Crippen LogP contribution in [-0.2, 0) is 19.1 Å². The minimum Gasteiger partial charge on any atom is -0.469 e. The summed E-state index contributed by atoms with van der Waals surface area (Å²) in [6, 6.07) is 0. The minimum absolute atomic E-state index is 0.0425. The second-order valence-corrected chi connectivity index (χ2v) is 4.20. The van der Waals surface area contributed by atoms with Gasteiger partial charge in [0.15, 0.2) is 5.78 Å². The number of esters is 1. The monoisotopic (exact) mass is 253 g/mol. The van der Waals surface area contributed by atoms with Gasteiger partial charge in [0.1, 0.15) is 0 Å². The molecule has 1 rings (SSSR count). The van der Waals surface area contributed by atoms with Crippen LogP contribution < -0.4 is 0 Å². The van der Waals surface area contributed by atoms with Crippen molar-refractivity contribution in [1.29, 1.82) is 0 Å². The van der Waals surface area contributed by atoms with Gasteiger partial charge < -0.3 is 9.64 Å². The first kappa shape index (κ1) is 14.4. The number of carbonyl (C=O) groups is 3. The van der Waals surface area contributed by atoms with Gasteiger partial charge in [-0.3, -0.25) is 14.4 Å². The Balaban J connectivity index is 2.95. The highest BCUT2D eigenvalue weighted by Crippen LogP contribution is 2.26. The lowest BCUT2D eigenvalue weighted by molar-refractivity contribution is -0.153. The van der Waals surface area contributed by atoms with Crippen molar-refractivity contribution >= 4 is 17.7 Å². The summed E-state index contributed by atoms with van der Waals surface area (Å²) in [6.07, 6.45) is 2.94. The standard InChI is InChI=1S/C13H19NO4/c1-4-14(5-2)12(16)10-7-6-9(15)8-11(10)13(17)18-3/h6-7,10-11H,4-5,8H2,1-3H3/t10-,11+/m0/s1. The zero-order chi connectivity index (χ0) is 13.7. The van der Waals surface area contributed by atoms with Crippen LogP contribution in [0, 0.1) is 11.8 Å². The maximum atomic E-state index is 12.3. The van der Waals surface area contributed by atoms with Gasteiger partial charge in [-0.05, 0) is 19.9 Å². The molecule has 0 bridgehead atoms. The molecule has 2 atom stereocenters. The van der Waals surface area contributed by atoms with E-state index in [2.05, 4.69) is 4.74 Å². The fourth-order valence-electron chi connectivity index (χ4n) is 2.14. The van der Waals surface area contributed by atoms with E-state index in [-0.39, 0.29) is 18.1 Å². The van der Waals surface area contributed by atoms with Crippen molar-refractivity contribution in [3.8, 4) is 0 Å². The van der Waals surface area contributed by atoms with Crippen LogP contribution >= 0.6 is 0 Å². The number of hydrogen-bond acceptors (Lipinski definition) is 4. The van der Waals surface area contributed by atoms with Crippen molar-refractivity contribution in [3.63, 3.8) is 0 Å². The van der Waals surface area contributed by atoms with Crippen LogP contribution in [0.3, 0.4) is 0 Å². The van der Waals surface area contributed by atoms with Crippen molar-refractivity contribution < 1.29 is 19.1 Å². The fraction of sp³-hybridized carbons (Fsp3) is 0.615. The van der Waals surface area contributed by atoms with E-state index >= 15 is 0 Å². The van der Waals surface area contributed by atoms with E-state index in [1.807, 2.05) is 13.8 Å². The number of allylic oxidation sites excluding steroid dienone is 1. The molecule has 0 aromatic heterocycles. The third kappa shape index (κ3) is 2.97. The minimum atomic E-state index is -0.694. The van der Waals surface area contributed by atoms with E-state index in [1.54, 1.807) is 4.90 Å². The van der Waals surface area contributed by atoms with E-state index in [9.17, 15) is 14.4 Å². The second kappa shape index (κ2) is 6.33. The summed E-state index contributed by atoms with van der Waals surface area (Å²) in [5.74, 6) is -2.05. The van der Waals surface area contributed by atoms with Crippen LogP contribution in [0.4, 0.5) is 0 Å². The highest BCUT2D eigenvalue weighted by molar-refractivity contribution is 5.98. The van der Waals surface area contributed by atoms with Gasteiger partial charge in [-0.25, -0.2) is 0 Å². The molecule has 0 saturated carbocycles. The Labute approximate surface area is 107 Å². The third-order valence-corrected chi connectivity index (χ3v) is 3.21. The van der Waals surface area contributed by atoms with Gasteiger partial charge in [-0.15, -0.1) is 0 Å². The summed E-state index contributed by atoms with van der Waals surface area (Å²) in [4.78, 5) is 36.9. The molecule has 0 aromatic carbocycles. The molecule has 0 radical (unpaired) electrons. The molecule has 0 aliphatic heterocycles. The summed E-state index contributed by atoms with van der Waals surface area (Å²) in [5.41, 5.74) is 0. The quantitative estimate of drug-likeness (QED) is 0.695. The van der Waals surface area contributed by atoms with E-state index in [0.717, 1.165) is 0 Å². The smallest absolute Gasteiger partial charge is 0.310 e. The maximum absolute atomic E-state index is 12.3. The van der Waals surface area contributed by atoms with E-state index in [1.165, 1.54) is 19.3 Å². The maximum Gasteiger partial charge on any atom is 0.310 e. The summed E-state index contributed by atoms with van der Waals surface area (Å²) in [5, 5.41) is 0. The molecular formula is C13H19NO4. The average molecular weight is 253 g/mol. The third-order valence-electron chi connectivity index (χ3n) is 3.21. The zero-order valence-electron chi connectivity index (χ0n) is 11.0. The number of ketones is 1. The number of carbonyl (C=O) groups excluding carboxylic acids is 3. The molecule has 100 valence electrons. The van der Waals surface area contributed by atoms with Crippen LogP contribution in [0.2, 0.25) is 0 Å². The van der Waals surface area contributed by atoms with Crippen molar-refractivity contribution in [2.45, 2.75) is 20.3 Å². The Morgan fingerprint density at radius 1 is 1.39 bits per heavy atom. The first-order chi connectivity index (χ1) is 8.54. The molecule has 1 aliphatic rings. The molecule has 5 nitrogen and oxygen atoms in total. The lowest BCUT2D eigenvalue weighted by Crippen LogP contribution is -2.42. The summed E-state index contributed by atoms with van der Waals surface area (Å²) in [7, 11) is 1.27. The molecule has 0 aromatic rings. The van der Waals surface area contributed by atoms with Crippen LogP contribution in [0.1, 0.15) is 20.3 Å². The Kier molecular flexibility index (Phi) is 5.07. The SMILES string of the molecule is CCN(CC)C(=O)[C@H]1C=CC(=O)C[C@H]1C(=O)OC. The second-order valence-electron chi connectivity index (χ2n) is 4.20. The summed E-state index contributed by atoms with van der Waals surface area (Å²) < 4.78 is 4.67. The molecule has 1 amide bonds. The van der Waals surface area contributed by atoms with Crippen LogP contribution in [-0.4, -0.2) is 42.8 Å². The highest BCUT2D eigenvalue weighted by atomic mass is 16.5. The first-order valence-electron chi connectivity index (χ1n) is 6.12. The predicted molar refractivity (Wildman–Crippen MR) is 65.7 cm³/mol. The molecular weight excluding hydrogens is 234 g/mol. The molecule has 5 heteroatoms. The molecule has 1 aliphatic carbocycles. The molecule has 0 unspecified atom stereocenters. The number of nitrogens with zero attached hydrogens (tertiary/aromatic N) is 1. The van der Waals surface area contributed by atoms with Gasteiger partial charge >= 0.3 is 5.97 Å². The Morgan fingerprint density at radius 3 is 2.50 bits per heavy atom. The summed E-state index contributed by atoms with van der Waals surface area (Å²) in [6.45, 7) is 4.93. The van der Waals surface area contributed by atoms with E-state index in [0.29, 0.717) is 13.1 Å². The Morgan fingerprint density at radius 2 is 2.00 bits per heavy atom. The normalized spacial score (nSPS) is 22.7. The number of methoxy groups -OCH3 is 1. The van der Waals surface area contributed by atoms with Gasteiger partial charge in [0.25, 0.3) is 0 Å². The van der Waals surface area contributed by atoms with E-state index < -0.39 is 17.8 Å². The Hall–Kier alpha value is -1.65. The zero-order valence-corrected chi connectivity index (χ0v) is 11.0. The molecule has 0 fully saturated rings. The highest BCUT2D eigenvalue weighted by Gasteiger charge is 2.38. The summed E-state index contributed by atoms with van der Waals surface area (Å²) >= 11 is 0. The number of ether oxygens (including phenoxy) is 1. The van der Waals surface area contributed by atoms with Crippen molar-refractivity contribution in [3.05, 3.63) is 12.2 Å². The topological polar surface area (TPSA) is 63.7 Å². The molecule has 0 saturated heterocycles. The van der Waals surface area contributed by atoms with Gasteiger partial charge in [-0.1, -0.05) is 6.08 Å². The van der Waals surface area contributed by atoms with Gasteiger partial charge in [0, 0.05) is 19.5 Å². The lowest BCUT2D eigenvalue weighted by atomic mass is 9.82. The average Bonchev–Trinajstić information content (AvgIpc) is 2.38. The predicted octanol–water partition coefficient (Wildman–Crippen LogP) is 0.789. The fourth-order valence-corrected chi connectivity index (χ4v) is 2.14. The lowest BCUT2D eigenvalue weighted by Gasteiger charge is -2.29. The van der Waals surface area contributed by atoms with Crippen molar-refractivity contribution in [2.24, 2.45) is 11.8 Å². The van der Waals surface area contributed by atoms with E-state index in [4.69, 9.17) is 0 Å². The molecule has 0 spiro atoms. The largest absolute Gasteiger partial charge is 0.469 e. The number of amides is 1. The van der Waals surface area contributed by atoms with Crippen molar-refractivity contribution in [2.75, 3.05) is 20.2 Å². The number of hydrogen-bond donors (Lipinski definition) is 0. The Bertz CT molecular complexity index is 371. The molecule has 0 heterocycles.